The SMILES string of the molecule is C#CCCNc1ccc(C)c(C)c1. The second-order valence-electron chi connectivity index (χ2n) is 3.18. The lowest BCUT2D eigenvalue weighted by atomic mass is 10.1. The second kappa shape index (κ2) is 4.57. The molecule has 0 aromatic heterocycles. The maximum absolute atomic E-state index is 5.16. The van der Waals surface area contributed by atoms with E-state index < -0.39 is 0 Å². The molecule has 68 valence electrons. The zero-order valence-electron chi connectivity index (χ0n) is 8.22. The number of hydrogen-bond acceptors (Lipinski definition) is 1. The van der Waals surface area contributed by atoms with Gasteiger partial charge in [0.05, 0.1) is 0 Å². The van der Waals surface area contributed by atoms with Crippen LogP contribution in [0.15, 0.2) is 18.2 Å². The Labute approximate surface area is 80.2 Å². The topological polar surface area (TPSA) is 12.0 Å². The summed E-state index contributed by atoms with van der Waals surface area (Å²) in [6.07, 6.45) is 5.93. The number of rotatable bonds is 3. The van der Waals surface area contributed by atoms with Crippen LogP contribution in [-0.2, 0) is 0 Å². The van der Waals surface area contributed by atoms with Crippen LogP contribution < -0.4 is 5.32 Å². The van der Waals surface area contributed by atoms with Gasteiger partial charge in [-0.1, -0.05) is 6.07 Å². The van der Waals surface area contributed by atoms with Crippen molar-refractivity contribution in [2.24, 2.45) is 0 Å². The third-order valence-electron chi connectivity index (χ3n) is 2.11. The van der Waals surface area contributed by atoms with Crippen molar-refractivity contribution in [2.45, 2.75) is 20.3 Å². The fourth-order valence-electron chi connectivity index (χ4n) is 1.13. The van der Waals surface area contributed by atoms with E-state index in [4.69, 9.17) is 6.42 Å². The van der Waals surface area contributed by atoms with Crippen LogP contribution in [0.25, 0.3) is 0 Å². The lowest BCUT2D eigenvalue weighted by molar-refractivity contribution is 1.10. The predicted octanol–water partition coefficient (Wildman–Crippen LogP) is 2.74. The van der Waals surface area contributed by atoms with Gasteiger partial charge in [-0.2, -0.15) is 0 Å². The Bertz CT molecular complexity index is 320. The first kappa shape index (κ1) is 9.67. The molecule has 0 bridgehead atoms. The van der Waals surface area contributed by atoms with Gasteiger partial charge in [0.2, 0.25) is 0 Å². The lowest BCUT2D eigenvalue weighted by Gasteiger charge is -2.06. The highest BCUT2D eigenvalue weighted by Gasteiger charge is 1.94. The summed E-state index contributed by atoms with van der Waals surface area (Å²) in [7, 11) is 0. The monoisotopic (exact) mass is 173 g/mol. The van der Waals surface area contributed by atoms with Crippen LogP contribution in [0.1, 0.15) is 17.5 Å². The highest BCUT2D eigenvalue weighted by Crippen LogP contribution is 2.13. The van der Waals surface area contributed by atoms with E-state index in [1.807, 2.05) is 0 Å². The Hall–Kier alpha value is -1.42. The van der Waals surface area contributed by atoms with E-state index in [9.17, 15) is 0 Å². The van der Waals surface area contributed by atoms with Crippen molar-refractivity contribution in [1.29, 1.82) is 0 Å². The fourth-order valence-corrected chi connectivity index (χ4v) is 1.13. The fraction of sp³-hybridized carbons (Fsp3) is 0.333. The zero-order chi connectivity index (χ0) is 9.68. The molecule has 0 heterocycles. The molecule has 13 heavy (non-hydrogen) atoms. The summed E-state index contributed by atoms with van der Waals surface area (Å²) in [4.78, 5) is 0. The number of hydrogen-bond donors (Lipinski definition) is 1. The number of nitrogens with one attached hydrogen (secondary N) is 1. The normalized spacial score (nSPS) is 9.31. The van der Waals surface area contributed by atoms with Crippen LogP contribution in [0.5, 0.6) is 0 Å². The maximum Gasteiger partial charge on any atom is 0.0343 e. The van der Waals surface area contributed by atoms with E-state index in [-0.39, 0.29) is 0 Å². The Morgan fingerprint density at radius 1 is 1.31 bits per heavy atom. The molecule has 0 amide bonds. The van der Waals surface area contributed by atoms with Crippen LogP contribution in [-0.4, -0.2) is 6.54 Å². The molecule has 0 atom stereocenters. The summed E-state index contributed by atoms with van der Waals surface area (Å²) < 4.78 is 0. The van der Waals surface area contributed by atoms with Crippen molar-refractivity contribution in [3.05, 3.63) is 29.3 Å². The smallest absolute Gasteiger partial charge is 0.0343 e. The molecule has 0 saturated heterocycles. The lowest BCUT2D eigenvalue weighted by Crippen LogP contribution is -2.00. The minimum Gasteiger partial charge on any atom is -0.384 e. The quantitative estimate of drug-likeness (QED) is 0.547. The van der Waals surface area contributed by atoms with E-state index in [1.54, 1.807) is 0 Å². The van der Waals surface area contributed by atoms with Crippen molar-refractivity contribution in [1.82, 2.24) is 0 Å². The van der Waals surface area contributed by atoms with Crippen molar-refractivity contribution >= 4 is 5.69 Å². The van der Waals surface area contributed by atoms with Crippen molar-refractivity contribution in [3.8, 4) is 12.3 Å². The average Bonchev–Trinajstić information content (AvgIpc) is 2.12. The van der Waals surface area contributed by atoms with Crippen molar-refractivity contribution in [2.75, 3.05) is 11.9 Å². The van der Waals surface area contributed by atoms with E-state index >= 15 is 0 Å². The third-order valence-corrected chi connectivity index (χ3v) is 2.11. The summed E-state index contributed by atoms with van der Waals surface area (Å²) in [5.41, 5.74) is 3.78. The molecule has 0 saturated carbocycles. The highest BCUT2D eigenvalue weighted by atomic mass is 14.9. The Balaban J connectivity index is 2.59. The molecule has 1 N–H and O–H groups in total. The van der Waals surface area contributed by atoms with E-state index in [0.717, 1.165) is 18.7 Å². The van der Waals surface area contributed by atoms with Crippen LogP contribution in [0.4, 0.5) is 5.69 Å². The first-order valence-corrected chi connectivity index (χ1v) is 4.48. The van der Waals surface area contributed by atoms with Crippen LogP contribution >= 0.6 is 0 Å². The molecule has 0 aliphatic carbocycles. The van der Waals surface area contributed by atoms with Gasteiger partial charge in [-0.25, -0.2) is 0 Å². The molecule has 1 aromatic carbocycles. The minimum absolute atomic E-state index is 0.771. The second-order valence-corrected chi connectivity index (χ2v) is 3.18. The van der Waals surface area contributed by atoms with Crippen molar-refractivity contribution < 1.29 is 0 Å². The van der Waals surface area contributed by atoms with Gasteiger partial charge in [-0.3, -0.25) is 0 Å². The molecule has 0 aliphatic rings. The first-order valence-electron chi connectivity index (χ1n) is 4.48. The largest absolute Gasteiger partial charge is 0.384 e. The van der Waals surface area contributed by atoms with Gasteiger partial charge in [-0.15, -0.1) is 12.3 Å². The molecule has 1 aromatic rings. The first-order chi connectivity index (χ1) is 6.24. The van der Waals surface area contributed by atoms with Gasteiger partial charge >= 0.3 is 0 Å². The maximum atomic E-state index is 5.16. The van der Waals surface area contributed by atoms with Gasteiger partial charge in [0, 0.05) is 18.7 Å². The number of aryl methyl sites for hydroxylation is 2. The van der Waals surface area contributed by atoms with E-state index in [0.29, 0.717) is 0 Å². The summed E-state index contributed by atoms with van der Waals surface area (Å²) in [6, 6.07) is 6.35. The van der Waals surface area contributed by atoms with E-state index in [2.05, 4.69) is 43.3 Å². The molecule has 0 fully saturated rings. The Morgan fingerprint density at radius 3 is 2.69 bits per heavy atom. The predicted molar refractivity (Wildman–Crippen MR) is 57.9 cm³/mol. The van der Waals surface area contributed by atoms with Gasteiger partial charge < -0.3 is 5.32 Å². The molecule has 0 radical (unpaired) electrons. The summed E-state index contributed by atoms with van der Waals surface area (Å²) in [5.74, 6) is 2.60. The molecule has 0 unspecified atom stereocenters. The van der Waals surface area contributed by atoms with Gasteiger partial charge in [0.25, 0.3) is 0 Å². The highest BCUT2D eigenvalue weighted by molar-refractivity contribution is 5.48. The minimum atomic E-state index is 0.771. The summed E-state index contributed by atoms with van der Waals surface area (Å²) >= 11 is 0. The third kappa shape index (κ3) is 2.83. The molecule has 0 aliphatic heterocycles. The van der Waals surface area contributed by atoms with Gasteiger partial charge in [0.1, 0.15) is 0 Å². The standard InChI is InChI=1S/C12H15N/c1-4-5-8-13-12-7-6-10(2)11(3)9-12/h1,6-7,9,13H,5,8H2,2-3H3. The summed E-state index contributed by atoms with van der Waals surface area (Å²) in [6.45, 7) is 5.07. The number of terminal acetylenes is 1. The molecular formula is C12H15N. The zero-order valence-corrected chi connectivity index (χ0v) is 8.22. The Kier molecular flexibility index (Phi) is 3.40. The Morgan fingerprint density at radius 2 is 2.08 bits per heavy atom. The van der Waals surface area contributed by atoms with Crippen LogP contribution in [0, 0.1) is 26.2 Å². The molecule has 0 spiro atoms. The van der Waals surface area contributed by atoms with E-state index in [1.165, 1.54) is 11.1 Å². The number of anilines is 1. The summed E-state index contributed by atoms with van der Waals surface area (Å²) in [5, 5.41) is 3.27. The molecule has 1 rings (SSSR count). The van der Waals surface area contributed by atoms with Crippen LogP contribution in [0.2, 0.25) is 0 Å². The number of benzene rings is 1. The van der Waals surface area contributed by atoms with Crippen LogP contribution in [0.3, 0.4) is 0 Å². The molecular weight excluding hydrogens is 158 g/mol. The van der Waals surface area contributed by atoms with Gasteiger partial charge in [-0.05, 0) is 37.1 Å². The molecule has 1 nitrogen and oxygen atoms in total. The average molecular weight is 173 g/mol. The van der Waals surface area contributed by atoms with Crippen molar-refractivity contribution in [3.63, 3.8) is 0 Å². The van der Waals surface area contributed by atoms with Gasteiger partial charge in [0.15, 0.2) is 0 Å². The molecule has 1 heteroatoms.